The lowest BCUT2D eigenvalue weighted by molar-refractivity contribution is 0.0622. The molecule has 1 aromatic carbocycles. The van der Waals surface area contributed by atoms with Crippen LogP contribution in [0.4, 0.5) is 4.39 Å². The van der Waals surface area contributed by atoms with Gasteiger partial charge in [0.15, 0.2) is 0 Å². The highest BCUT2D eigenvalue weighted by atomic mass is 79.9. The second-order valence-corrected chi connectivity index (χ2v) is 6.43. The lowest BCUT2D eigenvalue weighted by atomic mass is 10.1. The number of carbonyl (C=O) groups is 1. The molecule has 0 aliphatic carbocycles. The largest absolute Gasteiger partial charge is 0.336 e. The van der Waals surface area contributed by atoms with Crippen molar-refractivity contribution in [2.45, 2.75) is 6.54 Å². The third-order valence-corrected chi connectivity index (χ3v) is 4.42. The van der Waals surface area contributed by atoms with Crippen LogP contribution in [0, 0.1) is 5.82 Å². The van der Waals surface area contributed by atoms with E-state index >= 15 is 0 Å². The van der Waals surface area contributed by atoms with E-state index < -0.39 is 5.82 Å². The summed E-state index contributed by atoms with van der Waals surface area (Å²) in [5, 5.41) is 0. The Kier molecular flexibility index (Phi) is 5.03. The molecule has 2 aromatic rings. The molecule has 1 amide bonds. The van der Waals surface area contributed by atoms with Crippen LogP contribution in [0.1, 0.15) is 16.1 Å². The van der Waals surface area contributed by atoms with Gasteiger partial charge in [0.05, 0.1) is 11.3 Å². The van der Waals surface area contributed by atoms with Gasteiger partial charge in [0.2, 0.25) is 0 Å². The van der Waals surface area contributed by atoms with Crippen molar-refractivity contribution < 1.29 is 9.18 Å². The van der Waals surface area contributed by atoms with E-state index in [1.54, 1.807) is 17.2 Å². The third kappa shape index (κ3) is 3.95. The summed E-state index contributed by atoms with van der Waals surface area (Å²) < 4.78 is 14.6. The normalized spacial score (nSPS) is 15.7. The fourth-order valence-corrected chi connectivity index (χ4v) is 3.02. The van der Waals surface area contributed by atoms with Crippen LogP contribution in [-0.4, -0.2) is 46.9 Å². The predicted octanol–water partition coefficient (Wildman–Crippen LogP) is 2.94. The number of aromatic nitrogens is 1. The topological polar surface area (TPSA) is 36.4 Å². The first-order valence-electron chi connectivity index (χ1n) is 7.50. The van der Waals surface area contributed by atoms with Crippen LogP contribution in [0.3, 0.4) is 0 Å². The van der Waals surface area contributed by atoms with Gasteiger partial charge >= 0.3 is 0 Å². The molecule has 0 radical (unpaired) electrons. The summed E-state index contributed by atoms with van der Waals surface area (Å²) in [6.45, 7) is 3.49. The van der Waals surface area contributed by atoms with Gasteiger partial charge in [-0.05, 0) is 30.3 Å². The average Bonchev–Trinajstić information content (AvgIpc) is 2.58. The average molecular weight is 378 g/mol. The van der Waals surface area contributed by atoms with Crippen molar-refractivity contribution in [2.75, 3.05) is 26.2 Å². The Morgan fingerprint density at radius 2 is 1.96 bits per heavy atom. The Morgan fingerprint density at radius 3 is 2.65 bits per heavy atom. The van der Waals surface area contributed by atoms with Crippen LogP contribution in [0.5, 0.6) is 0 Å². The number of pyridine rings is 1. The molecule has 1 aliphatic heterocycles. The molecule has 1 aliphatic rings. The number of carbonyl (C=O) groups excluding carboxylic acids is 1. The molecule has 0 unspecified atom stereocenters. The zero-order chi connectivity index (χ0) is 16.2. The zero-order valence-corrected chi connectivity index (χ0v) is 14.2. The van der Waals surface area contributed by atoms with Crippen LogP contribution in [-0.2, 0) is 6.54 Å². The van der Waals surface area contributed by atoms with Crippen molar-refractivity contribution in [3.8, 4) is 0 Å². The molecule has 23 heavy (non-hydrogen) atoms. The molecular formula is C17H17BrFN3O. The van der Waals surface area contributed by atoms with E-state index in [1.807, 2.05) is 18.2 Å². The van der Waals surface area contributed by atoms with Crippen LogP contribution in [0.2, 0.25) is 0 Å². The molecule has 2 heterocycles. The highest BCUT2D eigenvalue weighted by Gasteiger charge is 2.24. The molecule has 1 aromatic heterocycles. The van der Waals surface area contributed by atoms with Gasteiger partial charge in [0.25, 0.3) is 5.91 Å². The number of halogens is 2. The summed E-state index contributed by atoms with van der Waals surface area (Å²) in [4.78, 5) is 20.8. The molecule has 120 valence electrons. The number of piperazine rings is 1. The van der Waals surface area contributed by atoms with Crippen molar-refractivity contribution in [3.05, 3.63) is 64.1 Å². The minimum atomic E-state index is -0.478. The number of hydrogen-bond acceptors (Lipinski definition) is 3. The van der Waals surface area contributed by atoms with Crippen molar-refractivity contribution in [1.82, 2.24) is 14.8 Å². The van der Waals surface area contributed by atoms with Gasteiger partial charge in [0, 0.05) is 43.4 Å². The minimum absolute atomic E-state index is 0.123. The third-order valence-electron chi connectivity index (χ3n) is 3.93. The molecule has 4 nitrogen and oxygen atoms in total. The molecule has 0 N–H and O–H groups in total. The monoisotopic (exact) mass is 377 g/mol. The molecule has 0 spiro atoms. The molecule has 0 atom stereocenters. The molecular weight excluding hydrogens is 361 g/mol. The maximum Gasteiger partial charge on any atom is 0.256 e. The van der Waals surface area contributed by atoms with E-state index in [4.69, 9.17) is 0 Å². The van der Waals surface area contributed by atoms with E-state index in [-0.39, 0.29) is 11.5 Å². The molecule has 3 rings (SSSR count). The summed E-state index contributed by atoms with van der Waals surface area (Å²) >= 11 is 3.28. The summed E-state index contributed by atoms with van der Waals surface area (Å²) in [5.74, 6) is -0.726. The van der Waals surface area contributed by atoms with E-state index in [2.05, 4.69) is 25.8 Å². The van der Waals surface area contributed by atoms with E-state index in [0.29, 0.717) is 17.6 Å². The first kappa shape index (κ1) is 16.1. The van der Waals surface area contributed by atoms with Crippen LogP contribution in [0.25, 0.3) is 0 Å². The predicted molar refractivity (Wildman–Crippen MR) is 89.5 cm³/mol. The van der Waals surface area contributed by atoms with Gasteiger partial charge in [-0.1, -0.05) is 22.0 Å². The van der Waals surface area contributed by atoms with E-state index in [1.165, 1.54) is 12.1 Å². The fourth-order valence-electron chi connectivity index (χ4n) is 2.66. The molecule has 1 saturated heterocycles. The standard InChI is InChI=1S/C17H17BrFN3O/c18-13-4-5-16(19)15(11-13)17(23)22-9-7-21(8-10-22)12-14-3-1-2-6-20-14/h1-6,11H,7-10,12H2. The SMILES string of the molecule is O=C(c1cc(Br)ccc1F)N1CCN(Cc2ccccn2)CC1. The van der Waals surface area contributed by atoms with Gasteiger partial charge in [-0.15, -0.1) is 0 Å². The summed E-state index contributed by atoms with van der Waals surface area (Å²) in [7, 11) is 0. The van der Waals surface area contributed by atoms with E-state index in [0.717, 1.165) is 25.3 Å². The maximum absolute atomic E-state index is 13.9. The fraction of sp³-hybridized carbons (Fsp3) is 0.294. The highest BCUT2D eigenvalue weighted by molar-refractivity contribution is 9.10. The Morgan fingerprint density at radius 1 is 1.17 bits per heavy atom. The number of hydrogen-bond donors (Lipinski definition) is 0. The van der Waals surface area contributed by atoms with Crippen molar-refractivity contribution in [3.63, 3.8) is 0 Å². The Labute approximate surface area is 143 Å². The molecule has 6 heteroatoms. The number of amides is 1. The lowest BCUT2D eigenvalue weighted by Crippen LogP contribution is -2.48. The maximum atomic E-state index is 13.9. The summed E-state index contributed by atoms with van der Waals surface area (Å²) in [5.41, 5.74) is 1.14. The number of benzene rings is 1. The summed E-state index contributed by atoms with van der Waals surface area (Å²) in [6.07, 6.45) is 1.78. The van der Waals surface area contributed by atoms with Gasteiger partial charge in [-0.2, -0.15) is 0 Å². The zero-order valence-electron chi connectivity index (χ0n) is 12.6. The molecule has 1 fully saturated rings. The highest BCUT2D eigenvalue weighted by Crippen LogP contribution is 2.18. The Balaban J connectivity index is 1.60. The van der Waals surface area contributed by atoms with Crippen LogP contribution < -0.4 is 0 Å². The van der Waals surface area contributed by atoms with Crippen molar-refractivity contribution >= 4 is 21.8 Å². The Hall–Kier alpha value is -1.79. The summed E-state index contributed by atoms with van der Waals surface area (Å²) in [6, 6.07) is 10.3. The number of nitrogens with zero attached hydrogens (tertiary/aromatic N) is 3. The first-order chi connectivity index (χ1) is 11.1. The van der Waals surface area contributed by atoms with Crippen LogP contribution in [0.15, 0.2) is 47.1 Å². The molecule has 0 bridgehead atoms. The Bertz CT molecular complexity index is 687. The number of rotatable bonds is 3. The quantitative estimate of drug-likeness (QED) is 0.824. The lowest BCUT2D eigenvalue weighted by Gasteiger charge is -2.34. The smallest absolute Gasteiger partial charge is 0.256 e. The van der Waals surface area contributed by atoms with Gasteiger partial charge in [-0.25, -0.2) is 4.39 Å². The van der Waals surface area contributed by atoms with Gasteiger partial charge in [0.1, 0.15) is 5.82 Å². The second-order valence-electron chi connectivity index (χ2n) is 5.51. The van der Waals surface area contributed by atoms with Crippen LogP contribution >= 0.6 is 15.9 Å². The second kappa shape index (κ2) is 7.19. The van der Waals surface area contributed by atoms with E-state index in [9.17, 15) is 9.18 Å². The minimum Gasteiger partial charge on any atom is -0.336 e. The van der Waals surface area contributed by atoms with Crippen molar-refractivity contribution in [1.29, 1.82) is 0 Å². The molecule has 0 saturated carbocycles. The first-order valence-corrected chi connectivity index (χ1v) is 8.29. The van der Waals surface area contributed by atoms with Gasteiger partial charge in [-0.3, -0.25) is 14.7 Å². The van der Waals surface area contributed by atoms with Crippen molar-refractivity contribution in [2.24, 2.45) is 0 Å². The van der Waals surface area contributed by atoms with Gasteiger partial charge < -0.3 is 4.90 Å².